The number of hydrogen-bond acceptors (Lipinski definition) is 3. The summed E-state index contributed by atoms with van der Waals surface area (Å²) < 4.78 is 0. The number of nitrogens with one attached hydrogen (secondary N) is 1. The van der Waals surface area contributed by atoms with Crippen LogP contribution in [0.25, 0.3) is 0 Å². The van der Waals surface area contributed by atoms with Crippen molar-refractivity contribution < 1.29 is 9.59 Å². The minimum absolute atomic E-state index is 0.0336. The summed E-state index contributed by atoms with van der Waals surface area (Å²) in [6, 6.07) is 9.05. The lowest BCUT2D eigenvalue weighted by Crippen LogP contribution is -2.48. The summed E-state index contributed by atoms with van der Waals surface area (Å²) in [6.07, 6.45) is 4.85. The van der Waals surface area contributed by atoms with E-state index in [0.29, 0.717) is 11.5 Å². The van der Waals surface area contributed by atoms with Crippen LogP contribution < -0.4 is 5.32 Å². The van der Waals surface area contributed by atoms with Crippen LogP contribution in [0.1, 0.15) is 43.0 Å². The molecule has 2 saturated heterocycles. The van der Waals surface area contributed by atoms with Gasteiger partial charge in [-0.05, 0) is 62.7 Å². The highest BCUT2D eigenvalue weighted by atomic mass is 16.2. The molecule has 0 spiro atoms. The first kappa shape index (κ1) is 18.9. The quantitative estimate of drug-likeness (QED) is 0.880. The highest BCUT2D eigenvalue weighted by Gasteiger charge is 2.26. The van der Waals surface area contributed by atoms with E-state index >= 15 is 0 Å². The number of carbonyl (C=O) groups excluding carboxylic acids is 2. The molecule has 1 atom stereocenters. The van der Waals surface area contributed by atoms with Crippen LogP contribution in [0.3, 0.4) is 0 Å². The fourth-order valence-electron chi connectivity index (χ4n) is 4.01. The molecule has 5 nitrogen and oxygen atoms in total. The van der Waals surface area contributed by atoms with Crippen molar-refractivity contribution in [3.8, 4) is 0 Å². The minimum Gasteiger partial charge on any atom is -0.343 e. The van der Waals surface area contributed by atoms with Crippen molar-refractivity contribution in [1.82, 2.24) is 15.1 Å². The molecule has 0 aliphatic carbocycles. The summed E-state index contributed by atoms with van der Waals surface area (Å²) in [7, 11) is 0. The highest BCUT2D eigenvalue weighted by Crippen LogP contribution is 2.21. The first-order chi connectivity index (χ1) is 12.6. The lowest BCUT2D eigenvalue weighted by Gasteiger charge is -2.37. The zero-order chi connectivity index (χ0) is 18.4. The van der Waals surface area contributed by atoms with Crippen LogP contribution in [0.15, 0.2) is 30.3 Å². The van der Waals surface area contributed by atoms with Crippen molar-refractivity contribution in [3.05, 3.63) is 35.9 Å². The first-order valence-electron chi connectivity index (χ1n) is 9.95. The van der Waals surface area contributed by atoms with E-state index in [1.165, 1.54) is 32.4 Å². The average molecular weight is 357 g/mol. The Morgan fingerprint density at radius 1 is 1.08 bits per heavy atom. The van der Waals surface area contributed by atoms with E-state index in [1.54, 1.807) is 12.1 Å². The van der Waals surface area contributed by atoms with Gasteiger partial charge in [0.15, 0.2) is 0 Å². The maximum atomic E-state index is 12.5. The second-order valence-corrected chi connectivity index (χ2v) is 7.88. The van der Waals surface area contributed by atoms with Gasteiger partial charge in [0.05, 0.1) is 6.54 Å². The normalized spacial score (nSPS) is 22.2. The van der Waals surface area contributed by atoms with Crippen molar-refractivity contribution >= 4 is 11.8 Å². The molecular weight excluding hydrogens is 326 g/mol. The molecule has 2 fully saturated rings. The number of rotatable bonds is 5. The molecule has 3 rings (SSSR count). The van der Waals surface area contributed by atoms with E-state index < -0.39 is 0 Å². The summed E-state index contributed by atoms with van der Waals surface area (Å²) in [5.41, 5.74) is 0.594. The summed E-state index contributed by atoms with van der Waals surface area (Å²) >= 11 is 0. The molecule has 0 aromatic heterocycles. The second-order valence-electron chi connectivity index (χ2n) is 7.88. The van der Waals surface area contributed by atoms with Gasteiger partial charge in [-0.3, -0.25) is 9.59 Å². The molecule has 2 aliphatic heterocycles. The number of carbonyl (C=O) groups is 2. The average Bonchev–Trinajstić information content (AvgIpc) is 2.68. The molecule has 142 valence electrons. The number of benzene rings is 1. The highest BCUT2D eigenvalue weighted by molar-refractivity contribution is 5.96. The first-order valence-corrected chi connectivity index (χ1v) is 9.95. The largest absolute Gasteiger partial charge is 0.343 e. The number of nitrogens with zero attached hydrogens (tertiary/aromatic N) is 2. The van der Waals surface area contributed by atoms with Crippen LogP contribution in [0, 0.1) is 11.8 Å². The Balaban J connectivity index is 1.43. The molecule has 0 radical (unpaired) electrons. The van der Waals surface area contributed by atoms with E-state index in [0.717, 1.165) is 32.0 Å². The van der Waals surface area contributed by atoms with Gasteiger partial charge in [-0.1, -0.05) is 25.1 Å². The zero-order valence-corrected chi connectivity index (χ0v) is 15.8. The Bertz CT molecular complexity index is 597. The number of likely N-dealkylation sites (tertiary alicyclic amines) is 2. The van der Waals surface area contributed by atoms with Crippen molar-refractivity contribution in [1.29, 1.82) is 0 Å². The Hall–Kier alpha value is -1.88. The predicted octanol–water partition coefficient (Wildman–Crippen LogP) is 2.39. The lowest BCUT2D eigenvalue weighted by atomic mass is 9.94. The Labute approximate surface area is 156 Å². The van der Waals surface area contributed by atoms with Crippen LogP contribution in [0.5, 0.6) is 0 Å². The molecule has 1 unspecified atom stereocenters. The van der Waals surface area contributed by atoms with Crippen molar-refractivity contribution in [2.75, 3.05) is 39.3 Å². The third-order valence-corrected chi connectivity index (χ3v) is 5.70. The summed E-state index contributed by atoms with van der Waals surface area (Å²) in [6.45, 7) is 7.55. The smallest absolute Gasteiger partial charge is 0.251 e. The van der Waals surface area contributed by atoms with Gasteiger partial charge >= 0.3 is 0 Å². The molecule has 26 heavy (non-hydrogen) atoms. The van der Waals surface area contributed by atoms with Gasteiger partial charge in [-0.2, -0.15) is 0 Å². The van der Waals surface area contributed by atoms with Gasteiger partial charge in [-0.25, -0.2) is 0 Å². The Morgan fingerprint density at radius 2 is 1.81 bits per heavy atom. The molecule has 1 aromatic rings. The zero-order valence-electron chi connectivity index (χ0n) is 15.8. The molecule has 1 aromatic carbocycles. The Kier molecular flexibility index (Phi) is 6.67. The van der Waals surface area contributed by atoms with Crippen LogP contribution >= 0.6 is 0 Å². The SMILES string of the molecule is CC1CCN(CC2CCCN(C(=O)CNC(=O)c3ccccc3)C2)CC1. The van der Waals surface area contributed by atoms with E-state index in [4.69, 9.17) is 0 Å². The van der Waals surface area contributed by atoms with Gasteiger partial charge in [-0.15, -0.1) is 0 Å². The number of hydrogen-bond donors (Lipinski definition) is 1. The topological polar surface area (TPSA) is 52.6 Å². The van der Waals surface area contributed by atoms with Gasteiger partial charge in [0, 0.05) is 25.2 Å². The molecule has 1 N–H and O–H groups in total. The van der Waals surface area contributed by atoms with Crippen molar-refractivity contribution in [2.45, 2.75) is 32.6 Å². The molecule has 0 bridgehead atoms. The summed E-state index contributed by atoms with van der Waals surface area (Å²) in [5.74, 6) is 1.26. The standard InChI is InChI=1S/C21H31N3O2/c1-17-9-12-23(13-10-17)15-18-6-5-11-24(16-18)20(25)14-22-21(26)19-7-3-2-4-8-19/h2-4,7-8,17-18H,5-6,9-16H2,1H3,(H,22,26). The predicted molar refractivity (Wildman–Crippen MR) is 103 cm³/mol. The van der Waals surface area contributed by atoms with Gasteiger partial charge in [0.1, 0.15) is 0 Å². The van der Waals surface area contributed by atoms with Gasteiger partial charge in [0.2, 0.25) is 5.91 Å². The molecule has 2 aliphatic rings. The monoisotopic (exact) mass is 357 g/mol. The summed E-state index contributed by atoms with van der Waals surface area (Å²) in [4.78, 5) is 29.1. The maximum absolute atomic E-state index is 12.5. The van der Waals surface area contributed by atoms with E-state index in [2.05, 4.69) is 17.1 Å². The van der Waals surface area contributed by atoms with E-state index in [1.807, 2.05) is 23.1 Å². The van der Waals surface area contributed by atoms with Crippen LogP contribution in [-0.2, 0) is 4.79 Å². The maximum Gasteiger partial charge on any atom is 0.251 e. The second kappa shape index (κ2) is 9.17. The number of piperidine rings is 2. The third kappa shape index (κ3) is 5.31. The van der Waals surface area contributed by atoms with Crippen LogP contribution in [-0.4, -0.2) is 60.9 Å². The fourth-order valence-corrected chi connectivity index (χ4v) is 4.01. The third-order valence-electron chi connectivity index (χ3n) is 5.70. The van der Waals surface area contributed by atoms with Crippen LogP contribution in [0.4, 0.5) is 0 Å². The Morgan fingerprint density at radius 3 is 2.54 bits per heavy atom. The lowest BCUT2D eigenvalue weighted by molar-refractivity contribution is -0.132. The molecule has 0 saturated carbocycles. The van der Waals surface area contributed by atoms with E-state index in [9.17, 15) is 9.59 Å². The van der Waals surface area contributed by atoms with Gasteiger partial charge < -0.3 is 15.1 Å². The fraction of sp³-hybridized carbons (Fsp3) is 0.619. The van der Waals surface area contributed by atoms with Crippen molar-refractivity contribution in [2.24, 2.45) is 11.8 Å². The molecular formula is C21H31N3O2. The minimum atomic E-state index is -0.185. The molecule has 2 amide bonds. The van der Waals surface area contributed by atoms with Crippen LogP contribution in [0.2, 0.25) is 0 Å². The summed E-state index contributed by atoms with van der Waals surface area (Å²) in [5, 5.41) is 2.76. The van der Waals surface area contributed by atoms with Crippen molar-refractivity contribution in [3.63, 3.8) is 0 Å². The van der Waals surface area contributed by atoms with Gasteiger partial charge in [0.25, 0.3) is 5.91 Å². The molecule has 5 heteroatoms. The molecule has 2 heterocycles. The van der Waals surface area contributed by atoms with E-state index in [-0.39, 0.29) is 18.4 Å². The number of amides is 2.